The highest BCUT2D eigenvalue weighted by Gasteiger charge is 1.90. The van der Waals surface area contributed by atoms with Crippen molar-refractivity contribution in [1.29, 1.82) is 0 Å². The van der Waals surface area contributed by atoms with Crippen LogP contribution in [0, 0.1) is 0 Å². The van der Waals surface area contributed by atoms with E-state index in [1.165, 1.54) is 0 Å². The number of hydrogen-bond donors (Lipinski definition) is 0. The number of azide groups is 1. The van der Waals surface area contributed by atoms with E-state index in [9.17, 15) is 4.79 Å². The standard InChI is InChI=1S/C8H14N3O4/c9-11-10-1-3-13-5-7-15-8-6-14-4-2-12/h1,3-8H2. The number of ether oxygens (including phenoxy) is 3. The molecule has 0 rings (SSSR count). The molecule has 15 heavy (non-hydrogen) atoms. The molecule has 0 aromatic heterocycles. The van der Waals surface area contributed by atoms with E-state index in [1.54, 1.807) is 6.29 Å². The molecule has 0 bridgehead atoms. The van der Waals surface area contributed by atoms with Crippen molar-refractivity contribution < 1.29 is 19.0 Å². The fraction of sp³-hybridized carbons (Fsp3) is 0.875. The zero-order valence-corrected chi connectivity index (χ0v) is 8.42. The van der Waals surface area contributed by atoms with E-state index < -0.39 is 0 Å². The SMILES string of the molecule is [N-]=[N+]=NCCOCCOCCOC[C]=O. The van der Waals surface area contributed by atoms with Gasteiger partial charge in [-0.2, -0.15) is 0 Å². The minimum Gasteiger partial charge on any atom is -0.379 e. The maximum absolute atomic E-state index is 9.72. The molecule has 0 spiro atoms. The minimum atomic E-state index is -0.0218. The van der Waals surface area contributed by atoms with Gasteiger partial charge in [-0.1, -0.05) is 5.11 Å². The average molecular weight is 216 g/mol. The van der Waals surface area contributed by atoms with Gasteiger partial charge in [0.05, 0.1) is 33.0 Å². The van der Waals surface area contributed by atoms with Gasteiger partial charge in [0.15, 0.2) is 0 Å². The number of hydrogen-bond acceptors (Lipinski definition) is 5. The fourth-order valence-corrected chi connectivity index (χ4v) is 0.704. The van der Waals surface area contributed by atoms with E-state index in [0.29, 0.717) is 39.6 Å². The third kappa shape index (κ3) is 12.9. The van der Waals surface area contributed by atoms with Crippen molar-refractivity contribution in [3.63, 3.8) is 0 Å². The Bertz CT molecular complexity index is 194. The van der Waals surface area contributed by atoms with Gasteiger partial charge in [-0.25, -0.2) is 0 Å². The summed E-state index contributed by atoms with van der Waals surface area (Å²) in [7, 11) is 0. The molecule has 7 heteroatoms. The van der Waals surface area contributed by atoms with Crippen LogP contribution in [0.3, 0.4) is 0 Å². The monoisotopic (exact) mass is 216 g/mol. The summed E-state index contributed by atoms with van der Waals surface area (Å²) in [6, 6.07) is 0. The molecule has 0 aliphatic carbocycles. The van der Waals surface area contributed by atoms with Gasteiger partial charge in [-0.15, -0.1) is 0 Å². The molecule has 0 fully saturated rings. The van der Waals surface area contributed by atoms with Crippen LogP contribution in [-0.4, -0.2) is 52.5 Å². The molecule has 0 saturated carbocycles. The summed E-state index contributed by atoms with van der Waals surface area (Å²) in [6.45, 7) is 2.38. The minimum absolute atomic E-state index is 0.0218. The number of carbonyl (C=O) groups excluding carboxylic acids is 1. The molecule has 0 saturated heterocycles. The van der Waals surface area contributed by atoms with Crippen molar-refractivity contribution in [1.82, 2.24) is 0 Å². The lowest BCUT2D eigenvalue weighted by Gasteiger charge is -2.04. The Labute approximate surface area is 87.9 Å². The van der Waals surface area contributed by atoms with Crippen LogP contribution < -0.4 is 0 Å². The Hall–Kier alpha value is -1.14. The molecule has 0 heterocycles. The molecule has 0 aromatic rings. The van der Waals surface area contributed by atoms with Crippen LogP contribution in [0.2, 0.25) is 0 Å². The summed E-state index contributed by atoms with van der Waals surface area (Å²) in [4.78, 5) is 12.3. The van der Waals surface area contributed by atoms with E-state index in [1.807, 2.05) is 0 Å². The molecular weight excluding hydrogens is 202 g/mol. The summed E-state index contributed by atoms with van der Waals surface area (Å²) in [5.74, 6) is 0. The summed E-state index contributed by atoms with van der Waals surface area (Å²) in [6.07, 6.45) is 1.61. The van der Waals surface area contributed by atoms with Crippen LogP contribution in [0.1, 0.15) is 0 Å². The first-order valence-corrected chi connectivity index (χ1v) is 4.51. The van der Waals surface area contributed by atoms with E-state index >= 15 is 0 Å². The third-order valence-electron chi connectivity index (χ3n) is 1.30. The summed E-state index contributed by atoms with van der Waals surface area (Å²) in [5, 5.41) is 3.30. The lowest BCUT2D eigenvalue weighted by Crippen LogP contribution is -2.11. The third-order valence-corrected chi connectivity index (χ3v) is 1.30. The Kier molecular flexibility index (Phi) is 11.9. The Morgan fingerprint density at radius 3 is 2.27 bits per heavy atom. The zero-order valence-electron chi connectivity index (χ0n) is 8.42. The van der Waals surface area contributed by atoms with Crippen molar-refractivity contribution in [2.75, 3.05) is 46.2 Å². The van der Waals surface area contributed by atoms with Crippen molar-refractivity contribution in [3.8, 4) is 0 Å². The van der Waals surface area contributed by atoms with E-state index in [4.69, 9.17) is 19.7 Å². The normalized spacial score (nSPS) is 9.60. The van der Waals surface area contributed by atoms with E-state index in [2.05, 4.69) is 10.0 Å². The molecule has 0 amide bonds. The molecule has 0 atom stereocenters. The molecule has 0 N–H and O–H groups in total. The number of nitrogens with zero attached hydrogens (tertiary/aromatic N) is 3. The van der Waals surface area contributed by atoms with Gasteiger partial charge in [0.1, 0.15) is 6.61 Å². The Balaban J connectivity index is 2.92. The predicted molar refractivity (Wildman–Crippen MR) is 52.2 cm³/mol. The fourth-order valence-electron chi connectivity index (χ4n) is 0.704. The first-order chi connectivity index (χ1) is 7.41. The van der Waals surface area contributed by atoms with Crippen molar-refractivity contribution >= 4 is 6.29 Å². The van der Waals surface area contributed by atoms with Gasteiger partial charge in [0.25, 0.3) is 0 Å². The van der Waals surface area contributed by atoms with Gasteiger partial charge >= 0.3 is 0 Å². The second-order valence-electron chi connectivity index (χ2n) is 2.38. The zero-order chi connectivity index (χ0) is 11.2. The second-order valence-corrected chi connectivity index (χ2v) is 2.38. The molecular formula is C8H14N3O4. The van der Waals surface area contributed by atoms with Crippen LogP contribution in [0.25, 0.3) is 10.4 Å². The van der Waals surface area contributed by atoms with Gasteiger partial charge in [-0.3, -0.25) is 4.79 Å². The van der Waals surface area contributed by atoms with Gasteiger partial charge in [0.2, 0.25) is 6.29 Å². The summed E-state index contributed by atoms with van der Waals surface area (Å²) in [5.41, 5.74) is 7.95. The smallest absolute Gasteiger partial charge is 0.226 e. The summed E-state index contributed by atoms with van der Waals surface area (Å²) >= 11 is 0. The number of rotatable bonds is 11. The molecule has 7 nitrogen and oxygen atoms in total. The van der Waals surface area contributed by atoms with Crippen LogP contribution in [0.5, 0.6) is 0 Å². The first kappa shape index (κ1) is 13.9. The highest BCUT2D eigenvalue weighted by Crippen LogP contribution is 1.81. The van der Waals surface area contributed by atoms with Crippen LogP contribution in [0.15, 0.2) is 5.11 Å². The maximum atomic E-state index is 9.72. The maximum Gasteiger partial charge on any atom is 0.226 e. The first-order valence-electron chi connectivity index (χ1n) is 4.51. The van der Waals surface area contributed by atoms with Gasteiger partial charge < -0.3 is 14.2 Å². The van der Waals surface area contributed by atoms with Crippen LogP contribution >= 0.6 is 0 Å². The lowest BCUT2D eigenvalue weighted by atomic mass is 10.7. The molecule has 1 radical (unpaired) electrons. The van der Waals surface area contributed by atoms with E-state index in [-0.39, 0.29) is 6.61 Å². The quantitative estimate of drug-likeness (QED) is 0.217. The van der Waals surface area contributed by atoms with Gasteiger partial charge in [0, 0.05) is 11.5 Å². The average Bonchev–Trinajstić information content (AvgIpc) is 2.26. The van der Waals surface area contributed by atoms with Gasteiger partial charge in [-0.05, 0) is 5.53 Å². The largest absolute Gasteiger partial charge is 0.379 e. The Morgan fingerprint density at radius 1 is 1.07 bits per heavy atom. The topological polar surface area (TPSA) is 93.5 Å². The lowest BCUT2D eigenvalue weighted by molar-refractivity contribution is 0.0226. The van der Waals surface area contributed by atoms with Crippen molar-refractivity contribution in [2.24, 2.45) is 5.11 Å². The van der Waals surface area contributed by atoms with E-state index in [0.717, 1.165) is 0 Å². The van der Waals surface area contributed by atoms with Crippen molar-refractivity contribution in [3.05, 3.63) is 10.4 Å². The second kappa shape index (κ2) is 12.9. The molecule has 0 aliphatic heterocycles. The van der Waals surface area contributed by atoms with Crippen LogP contribution in [-0.2, 0) is 19.0 Å². The summed E-state index contributed by atoms with van der Waals surface area (Å²) < 4.78 is 15.0. The predicted octanol–water partition coefficient (Wildman–Crippen LogP) is 0.456. The molecule has 0 unspecified atom stereocenters. The molecule has 0 aromatic carbocycles. The van der Waals surface area contributed by atoms with Crippen molar-refractivity contribution in [2.45, 2.75) is 0 Å². The highest BCUT2D eigenvalue weighted by atomic mass is 16.5. The van der Waals surface area contributed by atoms with Crippen LogP contribution in [0.4, 0.5) is 0 Å². The molecule has 0 aliphatic rings. The highest BCUT2D eigenvalue weighted by molar-refractivity contribution is 5.51. The molecule has 85 valence electrons. The Morgan fingerprint density at radius 2 is 1.67 bits per heavy atom.